The molecule has 2 amide bonds. The van der Waals surface area contributed by atoms with E-state index in [1.807, 2.05) is 13.0 Å². The molecule has 0 aliphatic carbocycles. The van der Waals surface area contributed by atoms with Crippen LogP contribution in [0.4, 0.5) is 0 Å². The Bertz CT molecular complexity index is 499. The maximum atomic E-state index is 12.4. The average molecular weight is 340 g/mol. The van der Waals surface area contributed by atoms with Gasteiger partial charge in [0.1, 0.15) is 5.69 Å². The Kier molecular flexibility index (Phi) is 5.11. The number of hydrogen-bond acceptors (Lipinski definition) is 3. The monoisotopic (exact) mass is 339 g/mol. The van der Waals surface area contributed by atoms with Crippen LogP contribution >= 0.6 is 15.9 Å². The van der Waals surface area contributed by atoms with Gasteiger partial charge in [-0.1, -0.05) is 0 Å². The normalized spacial score (nSPS) is 16.0. The van der Waals surface area contributed by atoms with Crippen LogP contribution in [0.3, 0.4) is 0 Å². The summed E-state index contributed by atoms with van der Waals surface area (Å²) in [5.41, 5.74) is 0.434. The standard InChI is InChI=1S/C14H18BrN3O2/c1-2-16-13(19)10-5-8-18(9-6-10)14(20)12-11(15)4-3-7-17-12/h3-4,7,10H,2,5-6,8-9H2,1H3,(H,16,19). The number of piperidine rings is 1. The van der Waals surface area contributed by atoms with E-state index in [0.717, 1.165) is 0 Å². The van der Waals surface area contributed by atoms with Gasteiger partial charge in [0.2, 0.25) is 5.91 Å². The zero-order chi connectivity index (χ0) is 14.5. The molecule has 0 spiro atoms. The van der Waals surface area contributed by atoms with Crippen molar-refractivity contribution in [1.29, 1.82) is 0 Å². The second-order valence-corrected chi connectivity index (χ2v) is 5.65. The summed E-state index contributed by atoms with van der Waals surface area (Å²) in [7, 11) is 0. The number of amides is 2. The molecule has 0 radical (unpaired) electrons. The molecule has 1 fully saturated rings. The van der Waals surface area contributed by atoms with Gasteiger partial charge in [0.25, 0.3) is 5.91 Å². The lowest BCUT2D eigenvalue weighted by Gasteiger charge is -2.31. The van der Waals surface area contributed by atoms with E-state index >= 15 is 0 Å². The Morgan fingerprint density at radius 1 is 1.45 bits per heavy atom. The van der Waals surface area contributed by atoms with Crippen molar-refractivity contribution in [2.24, 2.45) is 5.92 Å². The van der Waals surface area contributed by atoms with Crippen LogP contribution in [0.5, 0.6) is 0 Å². The topological polar surface area (TPSA) is 62.3 Å². The van der Waals surface area contributed by atoms with Crippen LogP contribution < -0.4 is 5.32 Å². The fraction of sp³-hybridized carbons (Fsp3) is 0.500. The van der Waals surface area contributed by atoms with E-state index in [9.17, 15) is 9.59 Å². The van der Waals surface area contributed by atoms with E-state index in [1.165, 1.54) is 0 Å². The lowest BCUT2D eigenvalue weighted by Crippen LogP contribution is -2.43. The second kappa shape index (κ2) is 6.83. The lowest BCUT2D eigenvalue weighted by molar-refractivity contribution is -0.126. The molecule has 2 heterocycles. The summed E-state index contributed by atoms with van der Waals surface area (Å²) in [6, 6.07) is 3.59. The van der Waals surface area contributed by atoms with Gasteiger partial charge in [0.15, 0.2) is 0 Å². The minimum Gasteiger partial charge on any atom is -0.356 e. The molecule has 1 aromatic heterocycles. The molecule has 0 bridgehead atoms. The van der Waals surface area contributed by atoms with E-state index < -0.39 is 0 Å². The van der Waals surface area contributed by atoms with Crippen LogP contribution in [0.2, 0.25) is 0 Å². The molecule has 0 saturated carbocycles. The quantitative estimate of drug-likeness (QED) is 0.913. The molecule has 1 saturated heterocycles. The molecule has 1 aliphatic heterocycles. The molecule has 1 N–H and O–H groups in total. The molecule has 1 aliphatic rings. The summed E-state index contributed by atoms with van der Waals surface area (Å²) in [5.74, 6) is 0.0385. The van der Waals surface area contributed by atoms with Gasteiger partial charge in [0.05, 0.1) is 0 Å². The Hall–Kier alpha value is -1.43. The number of carbonyl (C=O) groups is 2. The lowest BCUT2D eigenvalue weighted by atomic mass is 9.95. The van der Waals surface area contributed by atoms with Crippen molar-refractivity contribution in [2.75, 3.05) is 19.6 Å². The van der Waals surface area contributed by atoms with Gasteiger partial charge < -0.3 is 10.2 Å². The van der Waals surface area contributed by atoms with Crippen molar-refractivity contribution < 1.29 is 9.59 Å². The third-order valence-corrected chi connectivity index (χ3v) is 4.10. The van der Waals surface area contributed by atoms with Crippen molar-refractivity contribution in [1.82, 2.24) is 15.2 Å². The molecule has 20 heavy (non-hydrogen) atoms. The summed E-state index contributed by atoms with van der Waals surface area (Å²) >= 11 is 3.35. The first-order valence-electron chi connectivity index (χ1n) is 6.81. The van der Waals surface area contributed by atoms with Crippen LogP contribution in [0, 0.1) is 5.92 Å². The van der Waals surface area contributed by atoms with Crippen molar-refractivity contribution in [3.8, 4) is 0 Å². The largest absolute Gasteiger partial charge is 0.356 e. The van der Waals surface area contributed by atoms with Crippen LogP contribution in [-0.2, 0) is 4.79 Å². The minimum absolute atomic E-state index is 0.0196. The number of nitrogens with one attached hydrogen (secondary N) is 1. The summed E-state index contributed by atoms with van der Waals surface area (Å²) < 4.78 is 0.704. The number of halogens is 1. The van der Waals surface area contributed by atoms with E-state index in [2.05, 4.69) is 26.2 Å². The summed E-state index contributed by atoms with van der Waals surface area (Å²) in [6.07, 6.45) is 3.03. The first-order valence-corrected chi connectivity index (χ1v) is 7.60. The van der Waals surface area contributed by atoms with Gasteiger partial charge in [-0.25, -0.2) is 4.98 Å². The number of pyridine rings is 1. The summed E-state index contributed by atoms with van der Waals surface area (Å²) in [4.78, 5) is 30.0. The fourth-order valence-corrected chi connectivity index (χ4v) is 2.78. The number of carbonyl (C=O) groups excluding carboxylic acids is 2. The van der Waals surface area contributed by atoms with Gasteiger partial charge in [-0.2, -0.15) is 0 Å². The van der Waals surface area contributed by atoms with Gasteiger partial charge >= 0.3 is 0 Å². The average Bonchev–Trinajstić information content (AvgIpc) is 2.47. The molecule has 0 unspecified atom stereocenters. The zero-order valence-corrected chi connectivity index (χ0v) is 13.0. The maximum Gasteiger partial charge on any atom is 0.273 e. The van der Waals surface area contributed by atoms with Crippen molar-refractivity contribution >= 4 is 27.7 Å². The number of likely N-dealkylation sites (tertiary alicyclic amines) is 1. The first kappa shape index (κ1) is 15.0. The van der Waals surface area contributed by atoms with Gasteiger partial charge in [-0.3, -0.25) is 9.59 Å². The van der Waals surface area contributed by atoms with Crippen LogP contribution in [-0.4, -0.2) is 41.3 Å². The van der Waals surface area contributed by atoms with Gasteiger partial charge in [-0.05, 0) is 47.8 Å². The molecular weight excluding hydrogens is 322 g/mol. The summed E-state index contributed by atoms with van der Waals surface area (Å²) in [5, 5.41) is 2.84. The van der Waals surface area contributed by atoms with Crippen LogP contribution in [0.25, 0.3) is 0 Å². The smallest absolute Gasteiger partial charge is 0.273 e. The van der Waals surface area contributed by atoms with Crippen molar-refractivity contribution in [3.05, 3.63) is 28.5 Å². The highest BCUT2D eigenvalue weighted by molar-refractivity contribution is 9.10. The van der Waals surface area contributed by atoms with Gasteiger partial charge in [-0.15, -0.1) is 0 Å². The zero-order valence-electron chi connectivity index (χ0n) is 11.4. The molecule has 1 aromatic rings. The SMILES string of the molecule is CCNC(=O)C1CCN(C(=O)c2ncccc2Br)CC1. The molecule has 108 valence electrons. The molecule has 6 heteroatoms. The van der Waals surface area contributed by atoms with Crippen molar-refractivity contribution in [2.45, 2.75) is 19.8 Å². The highest BCUT2D eigenvalue weighted by Crippen LogP contribution is 2.21. The number of nitrogens with zero attached hydrogens (tertiary/aromatic N) is 2. The molecule has 5 nitrogen and oxygen atoms in total. The third kappa shape index (κ3) is 3.36. The van der Waals surface area contributed by atoms with Crippen LogP contribution in [0.15, 0.2) is 22.8 Å². The van der Waals surface area contributed by atoms with Crippen molar-refractivity contribution in [3.63, 3.8) is 0 Å². The molecular formula is C14H18BrN3O2. The second-order valence-electron chi connectivity index (χ2n) is 4.79. The highest BCUT2D eigenvalue weighted by Gasteiger charge is 2.28. The Labute approximate surface area is 126 Å². The Balaban J connectivity index is 1.96. The van der Waals surface area contributed by atoms with E-state index in [4.69, 9.17) is 0 Å². The minimum atomic E-state index is -0.0770. The molecule has 0 atom stereocenters. The molecule has 2 rings (SSSR count). The fourth-order valence-electron chi connectivity index (χ4n) is 2.36. The van der Waals surface area contributed by atoms with Gasteiger partial charge in [0, 0.05) is 36.2 Å². The van der Waals surface area contributed by atoms with E-state index in [1.54, 1.807) is 17.2 Å². The Morgan fingerprint density at radius 3 is 2.75 bits per heavy atom. The van der Waals surface area contributed by atoms with E-state index in [-0.39, 0.29) is 17.7 Å². The van der Waals surface area contributed by atoms with Crippen LogP contribution in [0.1, 0.15) is 30.3 Å². The number of hydrogen-bond donors (Lipinski definition) is 1. The Morgan fingerprint density at radius 2 is 2.15 bits per heavy atom. The predicted octanol–water partition coefficient (Wildman–Crippen LogP) is 1.83. The number of rotatable bonds is 3. The number of aromatic nitrogens is 1. The van der Waals surface area contributed by atoms with E-state index in [0.29, 0.717) is 42.6 Å². The molecule has 0 aromatic carbocycles. The summed E-state index contributed by atoms with van der Waals surface area (Å²) in [6.45, 7) is 3.77. The first-order chi connectivity index (χ1) is 9.63. The third-order valence-electron chi connectivity index (χ3n) is 3.47. The predicted molar refractivity (Wildman–Crippen MR) is 79.2 cm³/mol. The maximum absolute atomic E-state index is 12.4. The highest BCUT2D eigenvalue weighted by atomic mass is 79.9.